The van der Waals surface area contributed by atoms with Gasteiger partial charge in [-0.25, -0.2) is 4.79 Å². The van der Waals surface area contributed by atoms with E-state index >= 15 is 0 Å². The van der Waals surface area contributed by atoms with Crippen LogP contribution in [-0.4, -0.2) is 53.5 Å². The van der Waals surface area contributed by atoms with E-state index in [4.69, 9.17) is 10.8 Å². The van der Waals surface area contributed by atoms with Crippen LogP contribution < -0.4 is 21.7 Å². The van der Waals surface area contributed by atoms with Crippen molar-refractivity contribution in [2.75, 3.05) is 6.54 Å². The predicted molar refractivity (Wildman–Crippen MR) is 87.5 cm³/mol. The summed E-state index contributed by atoms with van der Waals surface area (Å²) in [5, 5.41) is 17.0. The molecule has 0 spiro atoms. The molecule has 1 aromatic carbocycles. The molecule has 9 nitrogen and oxygen atoms in total. The highest BCUT2D eigenvalue weighted by Crippen LogP contribution is 2.09. The number of aliphatic carboxylic acids is 1. The van der Waals surface area contributed by atoms with Crippen molar-refractivity contribution in [2.45, 2.75) is 31.0 Å². The Kier molecular flexibility index (Phi) is 6.07. The number of benzene rings is 1. The van der Waals surface area contributed by atoms with Gasteiger partial charge in [0.15, 0.2) is 0 Å². The average Bonchev–Trinajstić information content (AvgIpc) is 3.03. The Bertz CT molecular complexity index is 664. The van der Waals surface area contributed by atoms with E-state index in [1.807, 2.05) is 0 Å². The van der Waals surface area contributed by atoms with Gasteiger partial charge in [-0.15, -0.1) is 0 Å². The predicted octanol–water partition coefficient (Wildman–Crippen LogP) is -1.41. The van der Waals surface area contributed by atoms with Crippen LogP contribution in [0.1, 0.15) is 23.2 Å². The summed E-state index contributed by atoms with van der Waals surface area (Å²) in [5.41, 5.74) is 5.49. The Hall–Kier alpha value is -2.94. The summed E-state index contributed by atoms with van der Waals surface area (Å²) in [6, 6.07) is 6.39. The van der Waals surface area contributed by atoms with Crippen LogP contribution in [0.3, 0.4) is 0 Å². The molecule has 1 saturated heterocycles. The van der Waals surface area contributed by atoms with E-state index in [1.165, 1.54) is 0 Å². The third kappa shape index (κ3) is 5.28. The number of primary amides is 1. The molecule has 6 N–H and O–H groups in total. The monoisotopic (exact) mass is 348 g/mol. The fraction of sp³-hybridized carbons (Fsp3) is 0.375. The topological polar surface area (TPSA) is 151 Å². The van der Waals surface area contributed by atoms with Gasteiger partial charge in [0, 0.05) is 18.2 Å². The first-order valence-electron chi connectivity index (χ1n) is 7.77. The van der Waals surface area contributed by atoms with Crippen LogP contribution >= 0.6 is 0 Å². The van der Waals surface area contributed by atoms with Gasteiger partial charge in [-0.1, -0.05) is 18.2 Å². The zero-order valence-corrected chi connectivity index (χ0v) is 13.4. The molecule has 25 heavy (non-hydrogen) atoms. The van der Waals surface area contributed by atoms with Crippen molar-refractivity contribution in [3.05, 3.63) is 35.9 Å². The van der Waals surface area contributed by atoms with Crippen LogP contribution in [0.25, 0.3) is 0 Å². The highest BCUT2D eigenvalue weighted by Gasteiger charge is 2.33. The zero-order chi connectivity index (χ0) is 18.4. The molecule has 3 atom stereocenters. The summed E-state index contributed by atoms with van der Waals surface area (Å²) >= 11 is 0. The van der Waals surface area contributed by atoms with Crippen LogP contribution in [0.4, 0.5) is 0 Å². The lowest BCUT2D eigenvalue weighted by atomic mass is 10.1. The second-order valence-corrected chi connectivity index (χ2v) is 5.80. The molecular weight excluding hydrogens is 328 g/mol. The number of amides is 3. The van der Waals surface area contributed by atoms with Crippen molar-refractivity contribution in [1.29, 1.82) is 0 Å². The first-order valence-corrected chi connectivity index (χ1v) is 7.77. The van der Waals surface area contributed by atoms with Crippen molar-refractivity contribution >= 4 is 23.7 Å². The Labute approximate surface area is 144 Å². The van der Waals surface area contributed by atoms with Crippen molar-refractivity contribution in [1.82, 2.24) is 16.0 Å². The van der Waals surface area contributed by atoms with E-state index in [0.717, 1.165) is 0 Å². The van der Waals surface area contributed by atoms with Gasteiger partial charge in [-0.3, -0.25) is 14.4 Å². The van der Waals surface area contributed by atoms with Gasteiger partial charge in [0.25, 0.3) is 5.91 Å². The number of carboxylic acid groups (broad SMARTS) is 1. The van der Waals surface area contributed by atoms with Crippen LogP contribution in [0.5, 0.6) is 0 Å². The molecule has 9 heteroatoms. The van der Waals surface area contributed by atoms with E-state index in [2.05, 4.69) is 16.0 Å². The molecule has 0 aliphatic carbocycles. The number of nitrogens with two attached hydrogens (primary N) is 1. The third-order valence-corrected chi connectivity index (χ3v) is 3.84. The van der Waals surface area contributed by atoms with E-state index in [0.29, 0.717) is 18.5 Å². The summed E-state index contributed by atoms with van der Waals surface area (Å²) in [7, 11) is 0. The van der Waals surface area contributed by atoms with Gasteiger partial charge in [-0.05, 0) is 18.6 Å². The molecule has 1 heterocycles. The van der Waals surface area contributed by atoms with Crippen LogP contribution in [-0.2, 0) is 14.4 Å². The maximum absolute atomic E-state index is 12.1. The number of hydrogen-bond acceptors (Lipinski definition) is 5. The molecule has 1 aliphatic heterocycles. The molecule has 2 unspecified atom stereocenters. The minimum absolute atomic E-state index is 0.245. The first kappa shape index (κ1) is 18.4. The Morgan fingerprint density at radius 2 is 1.92 bits per heavy atom. The van der Waals surface area contributed by atoms with Crippen molar-refractivity contribution in [2.24, 2.45) is 5.73 Å². The summed E-state index contributed by atoms with van der Waals surface area (Å²) in [6.07, 6.45) is -0.171. The molecule has 0 radical (unpaired) electrons. The minimum atomic E-state index is -1.37. The molecule has 1 aliphatic rings. The van der Waals surface area contributed by atoms with Crippen LogP contribution in [0.15, 0.2) is 30.3 Å². The lowest BCUT2D eigenvalue weighted by Gasteiger charge is -2.16. The molecule has 2 rings (SSSR count). The molecule has 1 fully saturated rings. The number of hydrogen-bond donors (Lipinski definition) is 5. The van der Waals surface area contributed by atoms with Crippen molar-refractivity contribution in [3.8, 4) is 0 Å². The zero-order valence-electron chi connectivity index (χ0n) is 13.4. The largest absolute Gasteiger partial charge is 0.480 e. The fourth-order valence-electron chi connectivity index (χ4n) is 2.58. The van der Waals surface area contributed by atoms with Crippen LogP contribution in [0, 0.1) is 0 Å². The van der Waals surface area contributed by atoms with Crippen molar-refractivity contribution in [3.63, 3.8) is 0 Å². The van der Waals surface area contributed by atoms with Gasteiger partial charge in [0.05, 0.1) is 12.5 Å². The van der Waals surface area contributed by atoms with Crippen molar-refractivity contribution < 1.29 is 24.3 Å². The normalized spacial score (nSPS) is 20.5. The first-order chi connectivity index (χ1) is 11.9. The van der Waals surface area contributed by atoms with E-state index in [1.54, 1.807) is 30.3 Å². The maximum atomic E-state index is 12.1. The van der Waals surface area contributed by atoms with Crippen LogP contribution in [0.2, 0.25) is 0 Å². The lowest BCUT2D eigenvalue weighted by Crippen LogP contribution is -2.49. The fourth-order valence-corrected chi connectivity index (χ4v) is 2.58. The standard InChI is InChI=1S/C16H20N4O5/c17-13(21)7-12(16(24)25)20-15(23)11-6-10(8-18-11)19-14(22)9-4-2-1-3-5-9/h1-5,10-12,18H,6-8H2,(H2,17,21)(H,19,22)(H,20,23)(H,24,25)/t10?,11?,12-/m0/s1. The van der Waals surface area contributed by atoms with E-state index in [9.17, 15) is 19.2 Å². The van der Waals surface area contributed by atoms with Gasteiger partial charge in [0.2, 0.25) is 11.8 Å². The van der Waals surface area contributed by atoms with Gasteiger partial charge in [-0.2, -0.15) is 0 Å². The number of carbonyl (C=O) groups is 4. The van der Waals surface area contributed by atoms with E-state index < -0.39 is 36.3 Å². The molecule has 134 valence electrons. The van der Waals surface area contributed by atoms with Gasteiger partial charge in [0.1, 0.15) is 6.04 Å². The average molecular weight is 348 g/mol. The molecule has 0 bridgehead atoms. The summed E-state index contributed by atoms with van der Waals surface area (Å²) in [5.74, 6) is -2.95. The second-order valence-electron chi connectivity index (χ2n) is 5.80. The number of nitrogens with one attached hydrogen (secondary N) is 3. The lowest BCUT2D eigenvalue weighted by molar-refractivity contribution is -0.143. The second kappa shape index (κ2) is 8.25. The Morgan fingerprint density at radius 1 is 1.24 bits per heavy atom. The summed E-state index contributed by atoms with van der Waals surface area (Å²) in [6.45, 7) is 0.379. The molecule has 3 amide bonds. The molecule has 0 aromatic heterocycles. The number of carboxylic acids is 1. The van der Waals surface area contributed by atoms with E-state index in [-0.39, 0.29) is 11.9 Å². The minimum Gasteiger partial charge on any atom is -0.480 e. The molecule has 1 aromatic rings. The molecular formula is C16H20N4O5. The quantitative estimate of drug-likeness (QED) is 0.408. The molecule has 0 saturated carbocycles. The Balaban J connectivity index is 1.87. The number of rotatable bonds is 7. The smallest absolute Gasteiger partial charge is 0.326 e. The Morgan fingerprint density at radius 3 is 2.52 bits per heavy atom. The number of carbonyl (C=O) groups excluding carboxylic acids is 3. The SMILES string of the molecule is NC(=O)C[C@H](NC(=O)C1CC(NC(=O)c2ccccc2)CN1)C(=O)O. The van der Waals surface area contributed by atoms with Gasteiger partial charge < -0.3 is 26.8 Å². The summed E-state index contributed by atoms with van der Waals surface area (Å²) < 4.78 is 0. The summed E-state index contributed by atoms with van der Waals surface area (Å²) in [4.78, 5) is 46.2. The highest BCUT2D eigenvalue weighted by molar-refractivity contribution is 5.94. The highest BCUT2D eigenvalue weighted by atomic mass is 16.4. The third-order valence-electron chi connectivity index (χ3n) is 3.84. The van der Waals surface area contributed by atoms with Gasteiger partial charge >= 0.3 is 5.97 Å². The maximum Gasteiger partial charge on any atom is 0.326 e.